The quantitative estimate of drug-likeness (QED) is 0.377. The molecule has 1 N–H and O–H groups in total. The van der Waals surface area contributed by atoms with Gasteiger partial charge in [-0.15, -0.1) is 0 Å². The van der Waals surface area contributed by atoms with Gasteiger partial charge in [-0.2, -0.15) is 0 Å². The van der Waals surface area contributed by atoms with Crippen LogP contribution >= 0.6 is 11.3 Å². The highest BCUT2D eigenvalue weighted by molar-refractivity contribution is 7.07. The van der Waals surface area contributed by atoms with E-state index in [9.17, 15) is 14.4 Å². The third kappa shape index (κ3) is 5.17. The van der Waals surface area contributed by atoms with Crippen LogP contribution < -0.4 is 24.9 Å². The number of aromatic nitrogens is 1. The lowest BCUT2D eigenvalue weighted by Gasteiger charge is -2.25. The van der Waals surface area contributed by atoms with Crippen molar-refractivity contribution in [1.82, 2.24) is 4.57 Å². The molecule has 3 aromatic carbocycles. The summed E-state index contributed by atoms with van der Waals surface area (Å²) in [6.07, 6.45) is 1.75. The van der Waals surface area contributed by atoms with Gasteiger partial charge < -0.3 is 14.8 Å². The number of nitrogens with one attached hydrogen (secondary N) is 1. The van der Waals surface area contributed by atoms with Gasteiger partial charge in [-0.3, -0.25) is 14.2 Å². The van der Waals surface area contributed by atoms with Gasteiger partial charge in [-0.05, 0) is 60.5 Å². The van der Waals surface area contributed by atoms with Crippen molar-refractivity contribution in [3.05, 3.63) is 127 Å². The number of methoxy groups -OCH3 is 2. The first-order valence-electron chi connectivity index (χ1n) is 12.1. The van der Waals surface area contributed by atoms with Crippen LogP contribution in [0.2, 0.25) is 0 Å². The second-order valence-electron chi connectivity index (χ2n) is 8.79. The first-order chi connectivity index (χ1) is 18.9. The van der Waals surface area contributed by atoms with Crippen molar-refractivity contribution in [3.8, 4) is 5.75 Å². The van der Waals surface area contributed by atoms with Gasteiger partial charge in [-0.25, -0.2) is 9.79 Å². The van der Waals surface area contributed by atoms with Crippen molar-refractivity contribution in [2.75, 3.05) is 19.5 Å². The van der Waals surface area contributed by atoms with Crippen LogP contribution in [0, 0.1) is 0 Å². The van der Waals surface area contributed by atoms with Crippen LogP contribution in [0.25, 0.3) is 6.08 Å². The van der Waals surface area contributed by atoms with Gasteiger partial charge in [0.25, 0.3) is 11.5 Å². The fraction of sp³-hybridized carbons (Fsp3) is 0.133. The van der Waals surface area contributed by atoms with Crippen molar-refractivity contribution >= 4 is 35.0 Å². The monoisotopic (exact) mass is 539 g/mol. The number of carbonyl (C=O) groups is 2. The molecule has 1 aromatic heterocycles. The number of nitrogens with zero attached hydrogens (tertiary/aromatic N) is 2. The number of ether oxygens (including phenoxy) is 2. The first-order valence-corrected chi connectivity index (χ1v) is 12.9. The van der Waals surface area contributed by atoms with E-state index in [4.69, 9.17) is 9.47 Å². The zero-order valence-corrected chi connectivity index (χ0v) is 22.3. The summed E-state index contributed by atoms with van der Waals surface area (Å²) in [6, 6.07) is 22.5. The molecule has 0 aliphatic carbocycles. The van der Waals surface area contributed by atoms with Crippen LogP contribution in [0.15, 0.2) is 99.9 Å². The van der Waals surface area contributed by atoms with Gasteiger partial charge >= 0.3 is 5.97 Å². The Morgan fingerprint density at radius 1 is 1.00 bits per heavy atom. The topological polar surface area (TPSA) is 99.0 Å². The summed E-state index contributed by atoms with van der Waals surface area (Å²) in [7, 11) is 2.90. The second kappa shape index (κ2) is 10.9. The van der Waals surface area contributed by atoms with Gasteiger partial charge in [0.05, 0.1) is 41.6 Å². The molecule has 4 aromatic rings. The Bertz CT molecular complexity index is 1770. The van der Waals surface area contributed by atoms with E-state index < -0.39 is 12.0 Å². The number of esters is 1. The lowest BCUT2D eigenvalue weighted by molar-refractivity contribution is -0.113. The van der Waals surface area contributed by atoms with Crippen molar-refractivity contribution < 1.29 is 19.1 Å². The highest BCUT2D eigenvalue weighted by Crippen LogP contribution is 2.32. The molecule has 0 saturated carbocycles. The van der Waals surface area contributed by atoms with Crippen LogP contribution in [0.3, 0.4) is 0 Å². The summed E-state index contributed by atoms with van der Waals surface area (Å²) < 4.78 is 12.2. The van der Waals surface area contributed by atoms with Gasteiger partial charge in [-0.1, -0.05) is 53.8 Å². The summed E-state index contributed by atoms with van der Waals surface area (Å²) >= 11 is 1.24. The summed E-state index contributed by atoms with van der Waals surface area (Å²) in [4.78, 5) is 44.4. The number of para-hydroxylation sites is 1. The Balaban J connectivity index is 1.64. The molecule has 0 radical (unpaired) electrons. The minimum Gasteiger partial charge on any atom is -0.497 e. The van der Waals surface area contributed by atoms with Crippen LogP contribution in [0.5, 0.6) is 5.75 Å². The minimum atomic E-state index is -0.719. The Labute approximate surface area is 228 Å². The number of anilines is 1. The van der Waals surface area contributed by atoms with E-state index in [0.717, 1.165) is 11.1 Å². The Hall–Kier alpha value is -4.76. The summed E-state index contributed by atoms with van der Waals surface area (Å²) in [5.74, 6) is -0.170. The average Bonchev–Trinajstić information content (AvgIpc) is 3.26. The van der Waals surface area contributed by atoms with Crippen LogP contribution in [-0.2, 0) is 9.53 Å². The number of benzene rings is 3. The van der Waals surface area contributed by atoms with Gasteiger partial charge in [0.2, 0.25) is 0 Å². The normalized spacial score (nSPS) is 14.8. The molecule has 1 atom stereocenters. The maximum Gasteiger partial charge on any atom is 0.337 e. The van der Waals surface area contributed by atoms with Crippen LogP contribution in [0.1, 0.15) is 34.5 Å². The van der Waals surface area contributed by atoms with E-state index in [0.29, 0.717) is 37.6 Å². The van der Waals surface area contributed by atoms with Crippen LogP contribution in [-0.4, -0.2) is 30.7 Å². The fourth-order valence-electron chi connectivity index (χ4n) is 4.44. The molecule has 0 bridgehead atoms. The van der Waals surface area contributed by atoms with Gasteiger partial charge in [0.1, 0.15) is 5.75 Å². The molecule has 9 heteroatoms. The summed E-state index contributed by atoms with van der Waals surface area (Å²) in [6.45, 7) is 1.77. The molecule has 8 nitrogen and oxygen atoms in total. The number of carbonyl (C=O) groups excluding carboxylic acids is 2. The molecule has 5 rings (SSSR count). The molecular formula is C30H25N3O5S. The molecule has 0 fully saturated rings. The number of hydrogen-bond donors (Lipinski definition) is 1. The minimum absolute atomic E-state index is 0.277. The number of thiazole rings is 1. The van der Waals surface area contributed by atoms with Crippen molar-refractivity contribution in [3.63, 3.8) is 0 Å². The number of allylic oxidation sites excluding steroid dienone is 1. The summed E-state index contributed by atoms with van der Waals surface area (Å²) in [5, 5.41) is 2.94. The fourth-order valence-corrected chi connectivity index (χ4v) is 5.49. The zero-order valence-electron chi connectivity index (χ0n) is 21.5. The highest BCUT2D eigenvalue weighted by Gasteiger charge is 2.32. The molecule has 1 aliphatic heterocycles. The Morgan fingerprint density at radius 2 is 1.74 bits per heavy atom. The lowest BCUT2D eigenvalue weighted by Crippen LogP contribution is -2.40. The lowest BCUT2D eigenvalue weighted by atomic mass is 9.95. The smallest absolute Gasteiger partial charge is 0.337 e. The van der Waals surface area contributed by atoms with E-state index in [-0.39, 0.29) is 11.5 Å². The first kappa shape index (κ1) is 25.9. The molecule has 2 heterocycles. The molecule has 1 amide bonds. The highest BCUT2D eigenvalue weighted by atomic mass is 32.1. The predicted molar refractivity (Wildman–Crippen MR) is 150 cm³/mol. The zero-order chi connectivity index (χ0) is 27.5. The maximum atomic E-state index is 13.8. The van der Waals surface area contributed by atoms with E-state index >= 15 is 0 Å². The molecule has 0 unspecified atom stereocenters. The standard InChI is InChI=1S/C30H25N3O5S/c1-18-25(27(34)32-22-9-5-4-6-10-22)26(21-8-7-11-23(17-21)37-2)33-28(35)24(39-30(33)31-18)16-19-12-14-20(15-13-19)29(36)38-3/h4-17,26H,1-3H3,(H,32,34)/b24-16-/t26-/m0/s1. The molecule has 1 aliphatic rings. The van der Waals surface area contributed by atoms with E-state index in [2.05, 4.69) is 10.3 Å². The third-order valence-electron chi connectivity index (χ3n) is 6.34. The Morgan fingerprint density at radius 3 is 2.44 bits per heavy atom. The third-order valence-corrected chi connectivity index (χ3v) is 7.32. The maximum absolute atomic E-state index is 13.8. The van der Waals surface area contributed by atoms with E-state index in [1.807, 2.05) is 42.5 Å². The number of amides is 1. The number of rotatable bonds is 6. The SMILES string of the molecule is COC(=O)c1ccc(/C=c2\sc3n(c2=O)[C@@H](c2cccc(OC)c2)C(C(=O)Nc2ccccc2)=C(C)N=3)cc1. The van der Waals surface area contributed by atoms with E-state index in [1.165, 1.54) is 18.4 Å². The molecule has 0 spiro atoms. The van der Waals surface area contributed by atoms with Gasteiger partial charge in [0, 0.05) is 5.69 Å². The number of hydrogen-bond acceptors (Lipinski definition) is 7. The molecule has 0 saturated heterocycles. The number of fused-ring (bicyclic) bond motifs is 1. The van der Waals surface area contributed by atoms with Crippen LogP contribution in [0.4, 0.5) is 5.69 Å². The van der Waals surface area contributed by atoms with Crippen molar-refractivity contribution in [1.29, 1.82) is 0 Å². The largest absolute Gasteiger partial charge is 0.497 e. The molecule has 39 heavy (non-hydrogen) atoms. The average molecular weight is 540 g/mol. The molecular weight excluding hydrogens is 514 g/mol. The molecule has 196 valence electrons. The predicted octanol–water partition coefficient (Wildman–Crippen LogP) is 3.67. The van der Waals surface area contributed by atoms with E-state index in [1.54, 1.807) is 61.1 Å². The van der Waals surface area contributed by atoms with Crippen molar-refractivity contribution in [2.45, 2.75) is 13.0 Å². The second-order valence-corrected chi connectivity index (χ2v) is 9.80. The summed E-state index contributed by atoms with van der Waals surface area (Å²) in [5.41, 5.74) is 3.13. The van der Waals surface area contributed by atoms with Gasteiger partial charge in [0.15, 0.2) is 4.80 Å². The van der Waals surface area contributed by atoms with Crippen molar-refractivity contribution in [2.24, 2.45) is 4.99 Å². The Kier molecular flexibility index (Phi) is 7.25.